The highest BCUT2D eigenvalue weighted by molar-refractivity contribution is 5.93. The fraction of sp³-hybridized carbons (Fsp3) is 0.176. The Bertz CT molecular complexity index is 858. The van der Waals surface area contributed by atoms with Gasteiger partial charge in [0.2, 0.25) is 0 Å². The summed E-state index contributed by atoms with van der Waals surface area (Å²) in [5, 5.41) is 22.4. The Balaban J connectivity index is 2.06. The van der Waals surface area contributed by atoms with Crippen molar-refractivity contribution in [3.63, 3.8) is 0 Å². The van der Waals surface area contributed by atoms with Gasteiger partial charge in [0, 0.05) is 12.1 Å². The summed E-state index contributed by atoms with van der Waals surface area (Å²) in [4.78, 5) is 22.5. The zero-order valence-electron chi connectivity index (χ0n) is 13.6. The van der Waals surface area contributed by atoms with Crippen LogP contribution in [0.2, 0.25) is 0 Å². The molecule has 8 nitrogen and oxygen atoms in total. The third-order valence-electron chi connectivity index (χ3n) is 3.43. The summed E-state index contributed by atoms with van der Waals surface area (Å²) in [6.07, 6.45) is 0. The molecule has 2 aromatic carbocycles. The van der Waals surface area contributed by atoms with Crippen molar-refractivity contribution in [2.45, 2.75) is 6.92 Å². The van der Waals surface area contributed by atoms with Crippen LogP contribution in [0.25, 0.3) is 0 Å². The van der Waals surface area contributed by atoms with Gasteiger partial charge in [-0.2, -0.15) is 5.26 Å². The van der Waals surface area contributed by atoms with Crippen LogP contribution in [0.15, 0.2) is 36.4 Å². The standard InChI is InChI=1S/C17H15N3O5/c1-11-13(4-3-5-14(11)20(22)23)19-17(21)10-25-15-7-6-12(9-18)8-16(15)24-2/h3-8H,10H2,1-2H3,(H,19,21). The van der Waals surface area contributed by atoms with Crippen molar-refractivity contribution in [2.75, 3.05) is 19.0 Å². The van der Waals surface area contributed by atoms with Gasteiger partial charge in [-0.15, -0.1) is 0 Å². The molecule has 0 spiro atoms. The minimum atomic E-state index is -0.511. The first-order chi connectivity index (χ1) is 12.0. The highest BCUT2D eigenvalue weighted by Crippen LogP contribution is 2.28. The number of nitro benzene ring substituents is 1. The average molecular weight is 341 g/mol. The van der Waals surface area contributed by atoms with Crippen LogP contribution in [0, 0.1) is 28.4 Å². The number of amides is 1. The third-order valence-corrected chi connectivity index (χ3v) is 3.43. The Hall–Kier alpha value is -3.60. The van der Waals surface area contributed by atoms with Crippen LogP contribution in [0.5, 0.6) is 11.5 Å². The lowest BCUT2D eigenvalue weighted by atomic mass is 10.1. The van der Waals surface area contributed by atoms with Gasteiger partial charge in [0.05, 0.1) is 34.9 Å². The van der Waals surface area contributed by atoms with Crippen LogP contribution < -0.4 is 14.8 Å². The predicted octanol–water partition coefficient (Wildman–Crippen LogP) is 2.80. The molecule has 25 heavy (non-hydrogen) atoms. The van der Waals surface area contributed by atoms with Gasteiger partial charge in [-0.1, -0.05) is 6.07 Å². The third kappa shape index (κ3) is 4.23. The zero-order valence-corrected chi connectivity index (χ0v) is 13.6. The number of hydrogen-bond acceptors (Lipinski definition) is 6. The molecular weight excluding hydrogens is 326 g/mol. The van der Waals surface area contributed by atoms with Gasteiger partial charge in [0.15, 0.2) is 18.1 Å². The lowest BCUT2D eigenvalue weighted by Crippen LogP contribution is -2.21. The van der Waals surface area contributed by atoms with E-state index in [-0.39, 0.29) is 12.3 Å². The van der Waals surface area contributed by atoms with E-state index in [9.17, 15) is 14.9 Å². The maximum Gasteiger partial charge on any atom is 0.274 e. The molecule has 128 valence electrons. The topological polar surface area (TPSA) is 114 Å². The van der Waals surface area contributed by atoms with E-state index in [1.54, 1.807) is 19.1 Å². The minimum Gasteiger partial charge on any atom is -0.493 e. The fourth-order valence-electron chi connectivity index (χ4n) is 2.14. The van der Waals surface area contributed by atoms with E-state index < -0.39 is 10.8 Å². The van der Waals surface area contributed by atoms with Crippen molar-refractivity contribution < 1.29 is 19.2 Å². The Kier molecular flexibility index (Phi) is 5.53. The van der Waals surface area contributed by atoms with Gasteiger partial charge in [-0.3, -0.25) is 14.9 Å². The number of nitro groups is 1. The highest BCUT2D eigenvalue weighted by Gasteiger charge is 2.15. The molecule has 1 amide bonds. The van der Waals surface area contributed by atoms with Crippen LogP contribution in [-0.2, 0) is 4.79 Å². The van der Waals surface area contributed by atoms with E-state index in [4.69, 9.17) is 14.7 Å². The first kappa shape index (κ1) is 17.7. The van der Waals surface area contributed by atoms with Gasteiger partial charge in [-0.05, 0) is 25.1 Å². The summed E-state index contributed by atoms with van der Waals surface area (Å²) >= 11 is 0. The number of benzene rings is 2. The molecule has 0 fully saturated rings. The van der Waals surface area contributed by atoms with Crippen molar-refractivity contribution in [1.82, 2.24) is 0 Å². The van der Waals surface area contributed by atoms with Gasteiger partial charge in [-0.25, -0.2) is 0 Å². The summed E-state index contributed by atoms with van der Waals surface area (Å²) in [5.41, 5.74) is 1.03. The maximum absolute atomic E-state index is 12.0. The number of nitriles is 1. The molecule has 0 radical (unpaired) electrons. The smallest absolute Gasteiger partial charge is 0.274 e. The normalized spacial score (nSPS) is 9.80. The molecule has 1 N–H and O–H groups in total. The van der Waals surface area contributed by atoms with E-state index in [0.717, 1.165) is 0 Å². The van der Waals surface area contributed by atoms with Crippen LogP contribution in [0.1, 0.15) is 11.1 Å². The monoisotopic (exact) mass is 341 g/mol. The largest absolute Gasteiger partial charge is 0.493 e. The molecule has 0 saturated heterocycles. The average Bonchev–Trinajstić information content (AvgIpc) is 2.61. The van der Waals surface area contributed by atoms with Crippen LogP contribution in [-0.4, -0.2) is 24.5 Å². The van der Waals surface area contributed by atoms with E-state index in [1.165, 1.54) is 31.4 Å². The number of anilines is 1. The quantitative estimate of drug-likeness (QED) is 0.638. The summed E-state index contributed by atoms with van der Waals surface area (Å²) in [7, 11) is 1.43. The lowest BCUT2D eigenvalue weighted by Gasteiger charge is -2.12. The summed E-state index contributed by atoms with van der Waals surface area (Å²) in [5.74, 6) is 0.167. The number of rotatable bonds is 6. The molecule has 0 unspecified atom stereocenters. The van der Waals surface area contributed by atoms with E-state index in [1.807, 2.05) is 6.07 Å². The molecule has 8 heteroatoms. The predicted molar refractivity (Wildman–Crippen MR) is 89.7 cm³/mol. The number of ether oxygens (including phenoxy) is 2. The number of carbonyl (C=O) groups is 1. The first-order valence-electron chi connectivity index (χ1n) is 7.21. The van der Waals surface area contributed by atoms with E-state index in [0.29, 0.717) is 28.3 Å². The number of hydrogen-bond donors (Lipinski definition) is 1. The summed E-state index contributed by atoms with van der Waals surface area (Å²) < 4.78 is 10.5. The molecule has 0 aromatic heterocycles. The minimum absolute atomic E-state index is 0.0764. The SMILES string of the molecule is COc1cc(C#N)ccc1OCC(=O)Nc1cccc([N+](=O)[O-])c1C. The molecule has 0 bridgehead atoms. The Morgan fingerprint density at radius 2 is 2.08 bits per heavy atom. The second-order valence-corrected chi connectivity index (χ2v) is 5.02. The van der Waals surface area contributed by atoms with Crippen molar-refractivity contribution in [2.24, 2.45) is 0 Å². The van der Waals surface area contributed by atoms with E-state index in [2.05, 4.69) is 5.32 Å². The van der Waals surface area contributed by atoms with Crippen LogP contribution in [0.4, 0.5) is 11.4 Å². The second kappa shape index (κ2) is 7.79. The molecular formula is C17H15N3O5. The van der Waals surface area contributed by atoms with E-state index >= 15 is 0 Å². The number of nitrogens with one attached hydrogen (secondary N) is 1. The molecule has 0 saturated carbocycles. The number of nitrogens with zero attached hydrogens (tertiary/aromatic N) is 2. The summed E-state index contributed by atoms with van der Waals surface area (Å²) in [6, 6.07) is 11.0. The van der Waals surface area contributed by atoms with Gasteiger partial charge < -0.3 is 14.8 Å². The van der Waals surface area contributed by atoms with Crippen LogP contribution in [0.3, 0.4) is 0 Å². The molecule has 0 aliphatic carbocycles. The van der Waals surface area contributed by atoms with Crippen molar-refractivity contribution in [3.05, 3.63) is 57.6 Å². The molecule has 0 atom stereocenters. The number of methoxy groups -OCH3 is 1. The van der Waals surface area contributed by atoms with Gasteiger partial charge in [0.1, 0.15) is 0 Å². The second-order valence-electron chi connectivity index (χ2n) is 5.02. The first-order valence-corrected chi connectivity index (χ1v) is 7.21. The highest BCUT2D eigenvalue weighted by atomic mass is 16.6. The molecule has 2 aromatic rings. The molecule has 2 rings (SSSR count). The molecule has 0 aliphatic heterocycles. The van der Waals surface area contributed by atoms with Gasteiger partial charge in [0.25, 0.3) is 11.6 Å². The van der Waals surface area contributed by atoms with Crippen molar-refractivity contribution in [3.8, 4) is 17.6 Å². The van der Waals surface area contributed by atoms with Crippen molar-refractivity contribution in [1.29, 1.82) is 5.26 Å². The lowest BCUT2D eigenvalue weighted by molar-refractivity contribution is -0.385. The fourth-order valence-corrected chi connectivity index (χ4v) is 2.14. The van der Waals surface area contributed by atoms with Crippen LogP contribution >= 0.6 is 0 Å². The Morgan fingerprint density at radius 1 is 1.32 bits per heavy atom. The molecule has 0 aliphatic rings. The van der Waals surface area contributed by atoms with Crippen molar-refractivity contribution >= 4 is 17.3 Å². The Morgan fingerprint density at radius 3 is 2.72 bits per heavy atom. The number of carbonyl (C=O) groups excluding carboxylic acids is 1. The van der Waals surface area contributed by atoms with Gasteiger partial charge >= 0.3 is 0 Å². The zero-order chi connectivity index (χ0) is 18.4. The maximum atomic E-state index is 12.0. The Labute approximate surface area is 143 Å². The summed E-state index contributed by atoms with van der Waals surface area (Å²) in [6.45, 7) is 1.24. The molecule has 0 heterocycles.